The van der Waals surface area contributed by atoms with Gasteiger partial charge in [-0.05, 0) is 24.8 Å². The zero-order chi connectivity index (χ0) is 18.2. The zero-order valence-electron chi connectivity index (χ0n) is 14.8. The van der Waals surface area contributed by atoms with Gasteiger partial charge in [0.25, 0.3) is 5.91 Å². The van der Waals surface area contributed by atoms with Crippen molar-refractivity contribution in [1.82, 2.24) is 5.32 Å². The van der Waals surface area contributed by atoms with Crippen LogP contribution in [0.3, 0.4) is 0 Å². The van der Waals surface area contributed by atoms with E-state index in [0.717, 1.165) is 12.8 Å². The first-order chi connectivity index (χ1) is 12.0. The van der Waals surface area contributed by atoms with E-state index in [1.165, 1.54) is 44.6 Å². The third kappa shape index (κ3) is 6.03. The van der Waals surface area contributed by atoms with Crippen LogP contribution in [0.25, 0.3) is 0 Å². The lowest BCUT2D eigenvalue weighted by Gasteiger charge is -2.30. The van der Waals surface area contributed by atoms with Crippen LogP contribution < -0.4 is 20.5 Å². The highest BCUT2D eigenvalue weighted by Crippen LogP contribution is 2.30. The number of nitrogens with zero attached hydrogens (tertiary/aromatic N) is 1. The summed E-state index contributed by atoms with van der Waals surface area (Å²) in [4.78, 5) is 22.5. The Kier molecular flexibility index (Phi) is 9.15. The number of carbonyl (C=O) groups excluding carboxylic acids is 1. The van der Waals surface area contributed by atoms with Gasteiger partial charge in [-0.25, -0.2) is 0 Å². The fraction of sp³-hybridized carbons (Fsp3) is 0.588. The standard InChI is InChI=1S/C17H25N3O5.ClH/c1-24-16-9-13(7-8-15(16)20(22)23)25-11-17(21)19-14(10-18)12-5-3-2-4-6-12;/h7-9,12,14H,2-6,10-11,18H2,1H3,(H,19,21);1H. The molecule has 0 aromatic heterocycles. The summed E-state index contributed by atoms with van der Waals surface area (Å²) >= 11 is 0. The van der Waals surface area contributed by atoms with E-state index in [-0.39, 0.29) is 42.4 Å². The highest BCUT2D eigenvalue weighted by atomic mass is 35.5. The monoisotopic (exact) mass is 387 g/mol. The number of hydrogen-bond donors (Lipinski definition) is 2. The summed E-state index contributed by atoms with van der Waals surface area (Å²) in [6.07, 6.45) is 5.77. The Balaban J connectivity index is 0.00000338. The van der Waals surface area contributed by atoms with Gasteiger partial charge in [0.1, 0.15) is 5.75 Å². The molecule has 3 N–H and O–H groups in total. The molecule has 1 saturated carbocycles. The number of nitro benzene ring substituents is 1. The maximum Gasteiger partial charge on any atom is 0.311 e. The van der Waals surface area contributed by atoms with Gasteiger partial charge < -0.3 is 20.5 Å². The molecule has 1 atom stereocenters. The van der Waals surface area contributed by atoms with Crippen LogP contribution in [0.4, 0.5) is 5.69 Å². The molecule has 0 saturated heterocycles. The molecule has 2 rings (SSSR count). The van der Waals surface area contributed by atoms with Crippen LogP contribution in [-0.2, 0) is 4.79 Å². The van der Waals surface area contributed by atoms with Gasteiger partial charge in [0, 0.05) is 24.7 Å². The predicted octanol–water partition coefficient (Wildman–Crippen LogP) is 2.43. The normalized spacial score (nSPS) is 15.5. The van der Waals surface area contributed by atoms with E-state index in [0.29, 0.717) is 18.2 Å². The summed E-state index contributed by atoms with van der Waals surface area (Å²) in [7, 11) is 1.34. The van der Waals surface area contributed by atoms with Crippen LogP contribution in [0.5, 0.6) is 11.5 Å². The largest absolute Gasteiger partial charge is 0.490 e. The molecule has 146 valence electrons. The Labute approximate surface area is 159 Å². The third-order valence-corrected chi connectivity index (χ3v) is 4.54. The van der Waals surface area contributed by atoms with Crippen molar-refractivity contribution in [2.24, 2.45) is 11.7 Å². The highest BCUT2D eigenvalue weighted by molar-refractivity contribution is 5.85. The molecule has 1 fully saturated rings. The van der Waals surface area contributed by atoms with Crippen molar-refractivity contribution in [1.29, 1.82) is 0 Å². The molecule has 0 aliphatic heterocycles. The molecule has 1 aliphatic rings. The average molecular weight is 388 g/mol. The quantitative estimate of drug-likeness (QED) is 0.522. The molecule has 26 heavy (non-hydrogen) atoms. The minimum atomic E-state index is -0.536. The first kappa shape index (κ1) is 22.0. The minimum Gasteiger partial charge on any atom is -0.490 e. The third-order valence-electron chi connectivity index (χ3n) is 4.54. The lowest BCUT2D eigenvalue weighted by Crippen LogP contribution is -2.47. The number of amides is 1. The second-order valence-electron chi connectivity index (χ2n) is 6.19. The van der Waals surface area contributed by atoms with Gasteiger partial charge in [-0.2, -0.15) is 0 Å². The first-order valence-corrected chi connectivity index (χ1v) is 8.49. The molecule has 0 radical (unpaired) electrons. The number of halogens is 1. The molecule has 0 spiro atoms. The molecule has 0 heterocycles. The van der Waals surface area contributed by atoms with E-state index in [1.807, 2.05) is 0 Å². The topological polar surface area (TPSA) is 117 Å². The zero-order valence-corrected chi connectivity index (χ0v) is 15.6. The lowest BCUT2D eigenvalue weighted by atomic mass is 9.84. The van der Waals surface area contributed by atoms with Crippen molar-refractivity contribution in [3.05, 3.63) is 28.3 Å². The Morgan fingerprint density at radius 3 is 2.65 bits per heavy atom. The van der Waals surface area contributed by atoms with Gasteiger partial charge in [-0.15, -0.1) is 12.4 Å². The molecule has 1 aliphatic carbocycles. The van der Waals surface area contributed by atoms with Gasteiger partial charge in [0.15, 0.2) is 6.61 Å². The lowest BCUT2D eigenvalue weighted by molar-refractivity contribution is -0.385. The summed E-state index contributed by atoms with van der Waals surface area (Å²) < 4.78 is 10.4. The number of nitrogens with one attached hydrogen (secondary N) is 1. The van der Waals surface area contributed by atoms with Crippen LogP contribution >= 0.6 is 12.4 Å². The first-order valence-electron chi connectivity index (χ1n) is 8.49. The van der Waals surface area contributed by atoms with Crippen LogP contribution in [0, 0.1) is 16.0 Å². The fourth-order valence-corrected chi connectivity index (χ4v) is 3.20. The second kappa shape index (κ2) is 10.8. The van der Waals surface area contributed by atoms with Gasteiger partial charge in [0.2, 0.25) is 5.75 Å². The van der Waals surface area contributed by atoms with Crippen LogP contribution in [0.1, 0.15) is 32.1 Å². The summed E-state index contributed by atoms with van der Waals surface area (Å²) in [6.45, 7) is 0.228. The van der Waals surface area contributed by atoms with E-state index in [1.54, 1.807) is 0 Å². The van der Waals surface area contributed by atoms with Crippen molar-refractivity contribution in [3.8, 4) is 11.5 Å². The van der Waals surface area contributed by atoms with Crippen LogP contribution in [0.2, 0.25) is 0 Å². The molecule has 0 bridgehead atoms. The van der Waals surface area contributed by atoms with Gasteiger partial charge >= 0.3 is 5.69 Å². The summed E-state index contributed by atoms with van der Waals surface area (Å²) in [5.41, 5.74) is 5.65. The smallest absolute Gasteiger partial charge is 0.311 e. The van der Waals surface area contributed by atoms with Crippen molar-refractivity contribution in [2.45, 2.75) is 38.1 Å². The summed E-state index contributed by atoms with van der Waals surface area (Å²) in [5, 5.41) is 13.8. The maximum atomic E-state index is 12.1. The Hall–Kier alpha value is -2.06. The van der Waals surface area contributed by atoms with E-state index >= 15 is 0 Å². The van der Waals surface area contributed by atoms with Crippen LogP contribution in [0.15, 0.2) is 18.2 Å². The summed E-state index contributed by atoms with van der Waals surface area (Å²) in [5.74, 6) is 0.588. The number of nitrogens with two attached hydrogens (primary N) is 1. The van der Waals surface area contributed by atoms with Gasteiger partial charge in [-0.3, -0.25) is 14.9 Å². The molecule has 1 amide bonds. The number of rotatable bonds is 8. The van der Waals surface area contributed by atoms with Crippen LogP contribution in [-0.4, -0.2) is 37.1 Å². The van der Waals surface area contributed by atoms with E-state index in [4.69, 9.17) is 15.2 Å². The Bertz CT molecular complexity index is 608. The summed E-state index contributed by atoms with van der Waals surface area (Å²) in [6, 6.07) is 4.09. The number of carbonyl (C=O) groups is 1. The fourth-order valence-electron chi connectivity index (χ4n) is 3.20. The Morgan fingerprint density at radius 2 is 2.08 bits per heavy atom. The van der Waals surface area contributed by atoms with Crippen molar-refractivity contribution < 1.29 is 19.2 Å². The molecular formula is C17H26ClN3O5. The molecule has 1 unspecified atom stereocenters. The maximum absolute atomic E-state index is 12.1. The van der Waals surface area contributed by atoms with E-state index in [9.17, 15) is 14.9 Å². The highest BCUT2D eigenvalue weighted by Gasteiger charge is 2.24. The van der Waals surface area contributed by atoms with Crippen molar-refractivity contribution in [2.75, 3.05) is 20.3 Å². The second-order valence-corrected chi connectivity index (χ2v) is 6.19. The molecule has 1 aromatic rings. The predicted molar refractivity (Wildman–Crippen MR) is 100.0 cm³/mol. The SMILES string of the molecule is COc1cc(OCC(=O)NC(CN)C2CCCCC2)ccc1[N+](=O)[O-].Cl. The molecule has 9 heteroatoms. The number of nitro groups is 1. The van der Waals surface area contributed by atoms with Gasteiger partial charge in [0.05, 0.1) is 12.0 Å². The Morgan fingerprint density at radius 1 is 1.38 bits per heavy atom. The average Bonchev–Trinajstić information content (AvgIpc) is 2.64. The molecule has 1 aromatic carbocycles. The minimum absolute atomic E-state index is 0. The van der Waals surface area contributed by atoms with Crippen molar-refractivity contribution >= 4 is 24.0 Å². The molecule has 8 nitrogen and oxygen atoms in total. The van der Waals surface area contributed by atoms with Gasteiger partial charge in [-0.1, -0.05) is 19.3 Å². The number of hydrogen-bond acceptors (Lipinski definition) is 6. The van der Waals surface area contributed by atoms with E-state index in [2.05, 4.69) is 5.32 Å². The molecular weight excluding hydrogens is 362 g/mol. The van der Waals surface area contributed by atoms with Crippen molar-refractivity contribution in [3.63, 3.8) is 0 Å². The number of benzene rings is 1. The number of methoxy groups -OCH3 is 1. The van der Waals surface area contributed by atoms with E-state index < -0.39 is 4.92 Å². The number of ether oxygens (including phenoxy) is 2.